The average Bonchev–Trinajstić information content (AvgIpc) is 2.62. The summed E-state index contributed by atoms with van der Waals surface area (Å²) < 4.78 is 43.5. The smallest absolute Gasteiger partial charge is 0.241 e. The highest BCUT2D eigenvalue weighted by molar-refractivity contribution is 7.92. The summed E-state index contributed by atoms with van der Waals surface area (Å²) >= 11 is 0. The van der Waals surface area contributed by atoms with E-state index in [1.54, 1.807) is 19.2 Å². The topological polar surface area (TPSA) is 63.7 Å². The number of benzene rings is 2. The Morgan fingerprint density at radius 2 is 1.69 bits per heavy atom. The molecular weight excluding hydrogens is 357 g/mol. The lowest BCUT2D eigenvalue weighted by Crippen LogP contribution is -2.38. The Bertz CT molecular complexity index is 848. The number of carbonyl (C=O) groups is 1. The monoisotopic (exact) mass is 379 g/mol. The van der Waals surface area contributed by atoms with Crippen molar-refractivity contribution in [3.05, 3.63) is 59.9 Å². The number of carbonyl (C=O) groups excluding carboxylic acids is 1. The van der Waals surface area contributed by atoms with Crippen molar-refractivity contribution in [3.8, 4) is 5.75 Å². The van der Waals surface area contributed by atoms with E-state index in [1.807, 2.05) is 19.1 Å². The molecule has 0 aromatic heterocycles. The van der Waals surface area contributed by atoms with Crippen LogP contribution < -0.4 is 4.74 Å². The first-order valence-corrected chi connectivity index (χ1v) is 9.76. The minimum atomic E-state index is -3.88. The molecule has 0 N–H and O–H groups in total. The summed E-state index contributed by atoms with van der Waals surface area (Å²) in [6, 6.07) is 11.7. The quantitative estimate of drug-likeness (QED) is 0.694. The van der Waals surface area contributed by atoms with Gasteiger partial charge in [-0.1, -0.05) is 12.1 Å². The summed E-state index contributed by atoms with van der Waals surface area (Å²) in [5.74, 6) is -0.323. The number of amides is 1. The molecule has 0 aliphatic rings. The van der Waals surface area contributed by atoms with Crippen LogP contribution in [0, 0.1) is 5.82 Å². The van der Waals surface area contributed by atoms with Gasteiger partial charge in [0.1, 0.15) is 16.8 Å². The second kappa shape index (κ2) is 8.31. The van der Waals surface area contributed by atoms with Crippen LogP contribution in [-0.4, -0.2) is 38.1 Å². The van der Waals surface area contributed by atoms with Gasteiger partial charge in [0.15, 0.2) is 9.84 Å². The number of sulfone groups is 1. The zero-order valence-electron chi connectivity index (χ0n) is 15.0. The number of hydrogen-bond acceptors (Lipinski definition) is 4. The highest BCUT2D eigenvalue weighted by atomic mass is 32.2. The first-order chi connectivity index (χ1) is 12.3. The molecule has 5 nitrogen and oxygen atoms in total. The maximum absolute atomic E-state index is 13.0. The first-order valence-electron chi connectivity index (χ1n) is 8.22. The van der Waals surface area contributed by atoms with Crippen LogP contribution >= 0.6 is 0 Å². The molecule has 0 heterocycles. The van der Waals surface area contributed by atoms with Crippen LogP contribution in [0.4, 0.5) is 4.39 Å². The van der Waals surface area contributed by atoms with Crippen molar-refractivity contribution < 1.29 is 22.3 Å². The van der Waals surface area contributed by atoms with E-state index in [0.29, 0.717) is 6.61 Å². The minimum absolute atomic E-state index is 0.0748. The molecule has 2 aromatic rings. The molecule has 2 rings (SSSR count). The van der Waals surface area contributed by atoms with Crippen LogP contribution in [0.5, 0.6) is 5.75 Å². The van der Waals surface area contributed by atoms with Gasteiger partial charge >= 0.3 is 0 Å². The summed E-state index contributed by atoms with van der Waals surface area (Å²) in [6.07, 6.45) is 0. The molecule has 0 radical (unpaired) electrons. The Labute approximate surface area is 153 Å². The Morgan fingerprint density at radius 1 is 1.12 bits per heavy atom. The fraction of sp³-hybridized carbons (Fsp3) is 0.316. The molecule has 0 saturated carbocycles. The summed E-state index contributed by atoms with van der Waals surface area (Å²) in [5, 5.41) is -1.26. The van der Waals surface area contributed by atoms with Gasteiger partial charge in [0.2, 0.25) is 5.91 Å². The van der Waals surface area contributed by atoms with Gasteiger partial charge in [0.25, 0.3) is 0 Å². The third kappa shape index (κ3) is 4.60. The number of hydrogen-bond donors (Lipinski definition) is 0. The number of halogens is 1. The Morgan fingerprint density at radius 3 is 2.23 bits per heavy atom. The second-order valence-electron chi connectivity index (χ2n) is 5.91. The molecule has 0 aliphatic heterocycles. The number of nitrogens with zero attached hydrogens (tertiary/aromatic N) is 1. The highest BCUT2D eigenvalue weighted by Crippen LogP contribution is 2.19. The van der Waals surface area contributed by atoms with Gasteiger partial charge in [0, 0.05) is 13.6 Å². The van der Waals surface area contributed by atoms with E-state index < -0.39 is 26.8 Å². The molecule has 0 saturated heterocycles. The second-order valence-corrected chi connectivity index (χ2v) is 8.18. The largest absolute Gasteiger partial charge is 0.494 e. The molecule has 7 heteroatoms. The predicted molar refractivity (Wildman–Crippen MR) is 97.1 cm³/mol. The fourth-order valence-electron chi connectivity index (χ4n) is 2.48. The van der Waals surface area contributed by atoms with Crippen molar-refractivity contribution in [2.45, 2.75) is 30.5 Å². The van der Waals surface area contributed by atoms with Gasteiger partial charge in [-0.3, -0.25) is 4.79 Å². The third-order valence-corrected chi connectivity index (χ3v) is 6.05. The van der Waals surface area contributed by atoms with Crippen molar-refractivity contribution >= 4 is 15.7 Å². The highest BCUT2D eigenvalue weighted by Gasteiger charge is 2.31. The van der Waals surface area contributed by atoms with Gasteiger partial charge in [-0.2, -0.15) is 0 Å². The van der Waals surface area contributed by atoms with E-state index >= 15 is 0 Å². The molecule has 0 fully saturated rings. The van der Waals surface area contributed by atoms with E-state index in [-0.39, 0.29) is 11.4 Å². The zero-order chi connectivity index (χ0) is 19.3. The first kappa shape index (κ1) is 19.9. The van der Waals surface area contributed by atoms with Crippen LogP contribution in [0.1, 0.15) is 19.4 Å². The van der Waals surface area contributed by atoms with Crippen molar-refractivity contribution in [3.63, 3.8) is 0 Å². The van der Waals surface area contributed by atoms with E-state index in [4.69, 9.17) is 4.74 Å². The van der Waals surface area contributed by atoms with Crippen LogP contribution in [-0.2, 0) is 21.2 Å². The maximum atomic E-state index is 13.0. The van der Waals surface area contributed by atoms with Crippen LogP contribution in [0.25, 0.3) is 0 Å². The van der Waals surface area contributed by atoms with Crippen molar-refractivity contribution in [1.29, 1.82) is 0 Å². The molecular formula is C19H22FNO4S. The van der Waals surface area contributed by atoms with E-state index in [9.17, 15) is 17.6 Å². The number of ether oxygens (including phenoxy) is 1. The molecule has 26 heavy (non-hydrogen) atoms. The average molecular weight is 379 g/mol. The minimum Gasteiger partial charge on any atom is -0.494 e. The van der Waals surface area contributed by atoms with Crippen LogP contribution in [0.3, 0.4) is 0 Å². The summed E-state index contributed by atoms with van der Waals surface area (Å²) in [4.78, 5) is 13.8. The SMILES string of the molecule is CCOc1ccc(CN(C)C(=O)C(C)S(=O)(=O)c2ccc(F)cc2)cc1. The summed E-state index contributed by atoms with van der Waals surface area (Å²) in [7, 11) is -2.33. The lowest BCUT2D eigenvalue weighted by molar-refractivity contribution is -0.129. The lowest BCUT2D eigenvalue weighted by atomic mass is 10.2. The van der Waals surface area contributed by atoms with Gasteiger partial charge in [-0.25, -0.2) is 12.8 Å². The Balaban J connectivity index is 2.09. The lowest BCUT2D eigenvalue weighted by Gasteiger charge is -2.22. The molecule has 0 spiro atoms. The summed E-state index contributed by atoms with van der Waals surface area (Å²) in [6.45, 7) is 4.07. The van der Waals surface area contributed by atoms with Gasteiger partial charge in [-0.05, 0) is 55.8 Å². The normalized spacial score (nSPS) is 12.5. The number of rotatable bonds is 7. The fourth-order valence-corrected chi connectivity index (χ4v) is 3.85. The van der Waals surface area contributed by atoms with Gasteiger partial charge in [0.05, 0.1) is 11.5 Å². The third-order valence-electron chi connectivity index (χ3n) is 3.99. The molecule has 0 aliphatic carbocycles. The zero-order valence-corrected chi connectivity index (χ0v) is 15.8. The standard InChI is InChI=1S/C19H22FNO4S/c1-4-25-17-9-5-15(6-10-17)13-21(3)19(22)14(2)26(23,24)18-11-7-16(20)8-12-18/h5-12,14H,4,13H2,1-3H3. The Hall–Kier alpha value is -2.41. The van der Waals surface area contributed by atoms with Crippen molar-refractivity contribution in [1.82, 2.24) is 4.90 Å². The molecule has 140 valence electrons. The Kier molecular flexibility index (Phi) is 6.37. The van der Waals surface area contributed by atoms with Crippen molar-refractivity contribution in [2.24, 2.45) is 0 Å². The van der Waals surface area contributed by atoms with Gasteiger partial charge in [-0.15, -0.1) is 0 Å². The predicted octanol–water partition coefficient (Wildman–Crippen LogP) is 3.05. The molecule has 1 amide bonds. The van der Waals surface area contributed by atoms with E-state index in [2.05, 4.69) is 0 Å². The van der Waals surface area contributed by atoms with Crippen molar-refractivity contribution in [2.75, 3.05) is 13.7 Å². The molecule has 1 unspecified atom stereocenters. The molecule has 0 bridgehead atoms. The van der Waals surface area contributed by atoms with Crippen LogP contribution in [0.15, 0.2) is 53.4 Å². The summed E-state index contributed by atoms with van der Waals surface area (Å²) in [5.41, 5.74) is 0.857. The molecule has 1 atom stereocenters. The maximum Gasteiger partial charge on any atom is 0.241 e. The van der Waals surface area contributed by atoms with E-state index in [1.165, 1.54) is 24.0 Å². The molecule has 2 aromatic carbocycles. The van der Waals surface area contributed by atoms with E-state index in [0.717, 1.165) is 23.4 Å². The van der Waals surface area contributed by atoms with Crippen LogP contribution in [0.2, 0.25) is 0 Å². The van der Waals surface area contributed by atoms with Gasteiger partial charge < -0.3 is 9.64 Å².